The topological polar surface area (TPSA) is 101 Å². The Kier molecular flexibility index (Phi) is 5.70. The van der Waals surface area contributed by atoms with Crippen LogP contribution in [0.15, 0.2) is 52.6 Å². The number of carbonyl (C=O) groups is 4. The Morgan fingerprint density at radius 2 is 1.76 bits per heavy atom. The van der Waals surface area contributed by atoms with Crippen LogP contribution < -0.4 is 4.74 Å². The van der Waals surface area contributed by atoms with Gasteiger partial charge in [0.2, 0.25) is 11.8 Å². The quantitative estimate of drug-likeness (QED) is 0.379. The number of rotatable bonds is 3. The van der Waals surface area contributed by atoms with Gasteiger partial charge in [0.25, 0.3) is 0 Å². The van der Waals surface area contributed by atoms with Crippen molar-refractivity contribution in [1.29, 1.82) is 0 Å². The molecule has 1 aromatic rings. The number of methoxy groups -OCH3 is 1. The molecule has 1 heterocycles. The summed E-state index contributed by atoms with van der Waals surface area (Å²) in [7, 11) is 1.50. The molecule has 0 aromatic heterocycles. The molecule has 0 radical (unpaired) electrons. The van der Waals surface area contributed by atoms with Crippen molar-refractivity contribution in [3.8, 4) is 11.5 Å². The molecule has 6 rings (SSSR count). The number of phenols is 1. The first-order valence-electron chi connectivity index (χ1n) is 13.3. The second kappa shape index (κ2) is 8.82. The lowest BCUT2D eigenvalue weighted by Crippen LogP contribution is -2.43. The summed E-state index contributed by atoms with van der Waals surface area (Å²) in [6.07, 6.45) is 8.97. The largest absolute Gasteiger partial charge is 0.508 e. The molecule has 1 aliphatic heterocycles. The number of allylic oxidation sites excluding steroid dienone is 6. The SMILES string of the molecule is COc1cc(O)ccc1C1C2=CCC3C(=O)N(C4CCCCC4)C(=O)C3C2CC2=C1C(=O)C(C)=CC2=O. The van der Waals surface area contributed by atoms with Crippen LogP contribution in [0.4, 0.5) is 0 Å². The zero-order chi connectivity index (χ0) is 26.0. The van der Waals surface area contributed by atoms with E-state index >= 15 is 0 Å². The number of ketones is 2. The van der Waals surface area contributed by atoms with Crippen LogP contribution in [-0.4, -0.2) is 46.5 Å². The third kappa shape index (κ3) is 3.54. The third-order valence-electron chi connectivity index (χ3n) is 9.07. The molecule has 1 saturated heterocycles. The van der Waals surface area contributed by atoms with E-state index in [4.69, 9.17) is 4.74 Å². The summed E-state index contributed by atoms with van der Waals surface area (Å²) in [6.45, 7) is 1.65. The van der Waals surface area contributed by atoms with Crippen molar-refractivity contribution in [3.05, 3.63) is 58.2 Å². The van der Waals surface area contributed by atoms with E-state index in [9.17, 15) is 24.3 Å². The van der Waals surface area contributed by atoms with Crippen molar-refractivity contribution in [3.63, 3.8) is 0 Å². The number of hydrogen-bond donors (Lipinski definition) is 1. The van der Waals surface area contributed by atoms with Crippen LogP contribution in [0.3, 0.4) is 0 Å². The molecule has 37 heavy (non-hydrogen) atoms. The van der Waals surface area contributed by atoms with Crippen LogP contribution in [0.1, 0.15) is 63.4 Å². The number of likely N-dealkylation sites (tertiary alicyclic amines) is 1. The number of nitrogens with zero attached hydrogens (tertiary/aromatic N) is 1. The number of hydrogen-bond acceptors (Lipinski definition) is 6. The first-order chi connectivity index (χ1) is 17.8. The predicted molar refractivity (Wildman–Crippen MR) is 135 cm³/mol. The summed E-state index contributed by atoms with van der Waals surface area (Å²) in [4.78, 5) is 55.8. The summed E-state index contributed by atoms with van der Waals surface area (Å²) < 4.78 is 5.60. The third-order valence-corrected chi connectivity index (χ3v) is 9.07. The van der Waals surface area contributed by atoms with Gasteiger partial charge in [0.1, 0.15) is 11.5 Å². The standard InChI is InChI=1S/C30H31NO6/c1-15-12-23(33)22-14-21-18(25(27(22)28(15)34)19-9-8-17(32)13-24(19)37-2)10-11-20-26(21)30(36)31(29(20)35)16-6-4-3-5-7-16/h8-10,12-13,16,20-21,25-26,32H,3-7,11,14H2,1-2H3. The number of imide groups is 1. The zero-order valence-corrected chi connectivity index (χ0v) is 21.2. The van der Waals surface area contributed by atoms with Gasteiger partial charge in [-0.2, -0.15) is 0 Å². The van der Waals surface area contributed by atoms with Gasteiger partial charge in [0, 0.05) is 40.3 Å². The predicted octanol–water partition coefficient (Wildman–Crippen LogP) is 4.16. The van der Waals surface area contributed by atoms with Gasteiger partial charge in [-0.15, -0.1) is 0 Å². The molecule has 1 saturated carbocycles. The van der Waals surface area contributed by atoms with E-state index in [1.165, 1.54) is 19.3 Å². The van der Waals surface area contributed by atoms with E-state index < -0.39 is 17.8 Å². The highest BCUT2D eigenvalue weighted by Gasteiger charge is 2.57. The Labute approximate surface area is 215 Å². The summed E-state index contributed by atoms with van der Waals surface area (Å²) in [5.41, 5.74) is 2.80. The van der Waals surface area contributed by atoms with E-state index in [0.29, 0.717) is 34.5 Å². The van der Waals surface area contributed by atoms with Crippen LogP contribution >= 0.6 is 0 Å². The molecular weight excluding hydrogens is 470 g/mol. The highest BCUT2D eigenvalue weighted by atomic mass is 16.5. The monoisotopic (exact) mass is 501 g/mol. The Balaban J connectivity index is 1.48. The molecule has 4 unspecified atom stereocenters. The fourth-order valence-corrected chi connectivity index (χ4v) is 7.38. The van der Waals surface area contributed by atoms with Crippen LogP contribution in [0.25, 0.3) is 0 Å². The van der Waals surface area contributed by atoms with Crippen molar-refractivity contribution in [2.45, 2.75) is 63.8 Å². The van der Waals surface area contributed by atoms with Gasteiger partial charge >= 0.3 is 0 Å². The maximum absolute atomic E-state index is 13.9. The molecule has 4 aliphatic carbocycles. The Bertz CT molecular complexity index is 1330. The molecule has 7 heteroatoms. The molecule has 2 amide bonds. The van der Waals surface area contributed by atoms with Gasteiger partial charge < -0.3 is 9.84 Å². The first kappa shape index (κ1) is 23.9. The number of phenolic OH excluding ortho intramolecular Hbond substituents is 1. The maximum Gasteiger partial charge on any atom is 0.233 e. The van der Waals surface area contributed by atoms with E-state index in [1.54, 1.807) is 24.0 Å². The number of benzene rings is 1. The minimum absolute atomic E-state index is 0.0293. The minimum Gasteiger partial charge on any atom is -0.508 e. The average Bonchev–Trinajstić information content (AvgIpc) is 3.16. The summed E-state index contributed by atoms with van der Waals surface area (Å²) in [5, 5.41) is 10.1. The van der Waals surface area contributed by atoms with Crippen LogP contribution in [0.5, 0.6) is 11.5 Å². The maximum atomic E-state index is 13.9. The van der Waals surface area contributed by atoms with Gasteiger partial charge in [0.05, 0.1) is 18.9 Å². The number of amides is 2. The lowest BCUT2D eigenvalue weighted by molar-refractivity contribution is -0.143. The van der Waals surface area contributed by atoms with Crippen molar-refractivity contribution in [2.75, 3.05) is 7.11 Å². The molecule has 0 bridgehead atoms. The van der Waals surface area contributed by atoms with Gasteiger partial charge in [-0.25, -0.2) is 0 Å². The number of fused-ring (bicyclic) bond motifs is 3. The Morgan fingerprint density at radius 1 is 1.00 bits per heavy atom. The Hall–Kier alpha value is -3.48. The normalized spacial score (nSPS) is 30.1. The van der Waals surface area contributed by atoms with Gasteiger partial charge in [0.15, 0.2) is 11.6 Å². The highest BCUT2D eigenvalue weighted by Crippen LogP contribution is 2.56. The van der Waals surface area contributed by atoms with Crippen LogP contribution in [0, 0.1) is 17.8 Å². The fourth-order valence-electron chi connectivity index (χ4n) is 7.38. The number of aromatic hydroxyl groups is 1. The van der Waals surface area contributed by atoms with E-state index in [2.05, 4.69) is 0 Å². The second-order valence-electron chi connectivity index (χ2n) is 11.0. The molecule has 2 fully saturated rings. The van der Waals surface area contributed by atoms with E-state index in [1.807, 2.05) is 6.08 Å². The smallest absolute Gasteiger partial charge is 0.233 e. The molecule has 5 aliphatic rings. The summed E-state index contributed by atoms with van der Waals surface area (Å²) >= 11 is 0. The highest BCUT2D eigenvalue weighted by molar-refractivity contribution is 6.24. The summed E-state index contributed by atoms with van der Waals surface area (Å²) in [5.74, 6) is -2.08. The molecule has 192 valence electrons. The van der Waals surface area contributed by atoms with E-state index in [0.717, 1.165) is 37.7 Å². The molecule has 4 atom stereocenters. The van der Waals surface area contributed by atoms with Crippen molar-refractivity contribution in [2.24, 2.45) is 17.8 Å². The number of carbonyl (C=O) groups excluding carboxylic acids is 4. The molecule has 0 spiro atoms. The lowest BCUT2D eigenvalue weighted by Gasteiger charge is -2.42. The fraction of sp³-hybridized carbons (Fsp3) is 0.467. The number of Topliss-reactive ketones (excluding diaryl/α,β-unsaturated/α-hetero) is 1. The van der Waals surface area contributed by atoms with Gasteiger partial charge in [-0.05, 0) is 50.7 Å². The van der Waals surface area contributed by atoms with Gasteiger partial charge in [-0.3, -0.25) is 24.1 Å². The number of ether oxygens (including phenoxy) is 1. The molecule has 7 nitrogen and oxygen atoms in total. The van der Waals surface area contributed by atoms with Crippen molar-refractivity contribution < 1.29 is 29.0 Å². The molecule has 1 N–H and O–H groups in total. The van der Waals surface area contributed by atoms with Gasteiger partial charge in [-0.1, -0.05) is 37.0 Å². The minimum atomic E-state index is -0.586. The van der Waals surface area contributed by atoms with Crippen LogP contribution in [0.2, 0.25) is 0 Å². The van der Waals surface area contributed by atoms with Crippen molar-refractivity contribution >= 4 is 23.4 Å². The lowest BCUT2D eigenvalue weighted by atomic mass is 9.59. The zero-order valence-electron chi connectivity index (χ0n) is 21.2. The van der Waals surface area contributed by atoms with Crippen molar-refractivity contribution in [1.82, 2.24) is 4.90 Å². The first-order valence-corrected chi connectivity index (χ1v) is 13.3. The van der Waals surface area contributed by atoms with E-state index in [-0.39, 0.29) is 47.5 Å². The average molecular weight is 502 g/mol. The molecular formula is C30H31NO6. The molecule has 1 aromatic carbocycles. The second-order valence-corrected chi connectivity index (χ2v) is 11.0. The Morgan fingerprint density at radius 3 is 2.49 bits per heavy atom. The van der Waals surface area contributed by atoms with Crippen LogP contribution in [-0.2, 0) is 19.2 Å². The summed E-state index contributed by atoms with van der Waals surface area (Å²) in [6, 6.07) is 4.72.